The highest BCUT2D eigenvalue weighted by molar-refractivity contribution is 6.35. The Morgan fingerprint density at radius 3 is 2.30 bits per heavy atom. The first-order valence-corrected chi connectivity index (χ1v) is 7.06. The van der Waals surface area contributed by atoms with Crippen LogP contribution in [0.3, 0.4) is 0 Å². The van der Waals surface area contributed by atoms with Crippen molar-refractivity contribution in [1.82, 2.24) is 0 Å². The number of hydrogen-bond acceptors (Lipinski definition) is 2. The van der Waals surface area contributed by atoms with E-state index in [4.69, 9.17) is 27.9 Å². The van der Waals surface area contributed by atoms with Crippen LogP contribution >= 0.6 is 23.2 Å². The molecule has 0 aliphatic rings. The van der Waals surface area contributed by atoms with Crippen molar-refractivity contribution in [3.8, 4) is 5.75 Å². The van der Waals surface area contributed by atoms with E-state index in [1.165, 1.54) is 36.4 Å². The summed E-state index contributed by atoms with van der Waals surface area (Å²) in [6.07, 6.45) is -4.47. The van der Waals surface area contributed by atoms with Crippen LogP contribution in [-0.4, -0.2) is 18.7 Å². The molecule has 0 bridgehead atoms. The van der Waals surface area contributed by atoms with E-state index in [1.807, 2.05) is 0 Å². The van der Waals surface area contributed by atoms with Gasteiger partial charge < -0.3 is 10.1 Å². The van der Waals surface area contributed by atoms with Crippen LogP contribution in [0, 0.1) is 0 Å². The van der Waals surface area contributed by atoms with Crippen molar-refractivity contribution in [3.63, 3.8) is 0 Å². The van der Waals surface area contributed by atoms with Gasteiger partial charge in [0.15, 0.2) is 6.61 Å². The van der Waals surface area contributed by atoms with Gasteiger partial charge in [-0.15, -0.1) is 0 Å². The predicted molar refractivity (Wildman–Crippen MR) is 82.4 cm³/mol. The maximum Gasteiger partial charge on any atom is 0.422 e. The predicted octanol–water partition coefficient (Wildman–Crippen LogP) is 5.19. The fourth-order valence-electron chi connectivity index (χ4n) is 1.73. The van der Waals surface area contributed by atoms with E-state index in [9.17, 15) is 18.0 Å². The highest BCUT2D eigenvalue weighted by atomic mass is 35.5. The second-order valence-corrected chi connectivity index (χ2v) is 5.39. The number of nitrogens with one attached hydrogen (secondary N) is 1. The number of amides is 1. The van der Waals surface area contributed by atoms with E-state index < -0.39 is 18.7 Å². The van der Waals surface area contributed by atoms with Crippen LogP contribution in [0.1, 0.15) is 10.4 Å². The Balaban J connectivity index is 2.17. The summed E-state index contributed by atoms with van der Waals surface area (Å²) in [4.78, 5) is 12.2. The molecule has 0 atom stereocenters. The number of hydrogen-bond donors (Lipinski definition) is 1. The first-order valence-electron chi connectivity index (χ1n) is 6.30. The number of carbonyl (C=O) groups excluding carboxylic acids is 1. The molecule has 0 aliphatic heterocycles. The van der Waals surface area contributed by atoms with E-state index in [2.05, 4.69) is 5.32 Å². The highest BCUT2D eigenvalue weighted by Gasteiger charge is 2.28. The zero-order chi connectivity index (χ0) is 17.0. The summed E-state index contributed by atoms with van der Waals surface area (Å²) in [5.41, 5.74) is 0.283. The van der Waals surface area contributed by atoms with Crippen molar-refractivity contribution in [2.75, 3.05) is 11.9 Å². The smallest absolute Gasteiger partial charge is 0.422 e. The third-order valence-corrected chi connectivity index (χ3v) is 3.09. The van der Waals surface area contributed by atoms with Gasteiger partial charge in [-0.1, -0.05) is 35.3 Å². The molecular weight excluding hydrogens is 354 g/mol. The minimum Gasteiger partial charge on any atom is -0.482 e. The summed E-state index contributed by atoms with van der Waals surface area (Å²) >= 11 is 11.6. The van der Waals surface area contributed by atoms with Crippen molar-refractivity contribution in [3.05, 3.63) is 58.1 Å². The minimum atomic E-state index is -4.47. The standard InChI is InChI=1S/C15H10Cl2F3NO2/c16-10-5-9(6-11(17)7-10)14(22)21-12-3-1-2-4-13(12)23-8-15(18,19)20/h1-7H,8H2,(H,21,22). The van der Waals surface area contributed by atoms with E-state index >= 15 is 0 Å². The molecule has 0 heterocycles. The van der Waals surface area contributed by atoms with Crippen molar-refractivity contribution >= 4 is 34.8 Å². The van der Waals surface area contributed by atoms with Crippen molar-refractivity contribution in [1.29, 1.82) is 0 Å². The second kappa shape index (κ2) is 7.10. The molecule has 2 aromatic rings. The zero-order valence-electron chi connectivity index (χ0n) is 11.5. The molecule has 3 nitrogen and oxygen atoms in total. The average molecular weight is 364 g/mol. The molecule has 0 aliphatic carbocycles. The minimum absolute atomic E-state index is 0.0914. The van der Waals surface area contributed by atoms with Gasteiger partial charge in [0, 0.05) is 15.6 Å². The molecule has 0 aromatic heterocycles. The van der Waals surface area contributed by atoms with E-state index in [1.54, 1.807) is 6.07 Å². The Morgan fingerprint density at radius 1 is 1.09 bits per heavy atom. The lowest BCUT2D eigenvalue weighted by Gasteiger charge is -2.14. The summed E-state index contributed by atoms with van der Waals surface area (Å²) < 4.78 is 41.4. The molecular formula is C15H10Cl2F3NO2. The quantitative estimate of drug-likeness (QED) is 0.811. The number of para-hydroxylation sites is 2. The first kappa shape index (κ1) is 17.4. The van der Waals surface area contributed by atoms with E-state index in [0.29, 0.717) is 0 Å². The third-order valence-electron chi connectivity index (χ3n) is 2.65. The Hall–Kier alpha value is -1.92. The lowest BCUT2D eigenvalue weighted by atomic mass is 10.2. The summed E-state index contributed by atoms with van der Waals surface area (Å²) in [5, 5.41) is 3.00. The summed E-state index contributed by atoms with van der Waals surface area (Å²) in [7, 11) is 0. The largest absolute Gasteiger partial charge is 0.482 e. The van der Waals surface area contributed by atoms with Gasteiger partial charge in [-0.05, 0) is 30.3 Å². The maximum absolute atomic E-state index is 12.2. The molecule has 23 heavy (non-hydrogen) atoms. The SMILES string of the molecule is O=C(Nc1ccccc1OCC(F)(F)F)c1cc(Cl)cc(Cl)c1. The van der Waals surface area contributed by atoms with Crippen molar-refractivity contribution in [2.45, 2.75) is 6.18 Å². The molecule has 0 radical (unpaired) electrons. The molecule has 2 rings (SSSR count). The Morgan fingerprint density at radius 2 is 1.70 bits per heavy atom. The second-order valence-electron chi connectivity index (χ2n) is 4.51. The molecule has 0 unspecified atom stereocenters. The Kier molecular flexibility index (Phi) is 5.38. The Bertz CT molecular complexity index is 700. The van der Waals surface area contributed by atoms with Gasteiger partial charge in [0.1, 0.15) is 5.75 Å². The van der Waals surface area contributed by atoms with Crippen LogP contribution < -0.4 is 10.1 Å². The van der Waals surface area contributed by atoms with Gasteiger partial charge in [0.25, 0.3) is 5.91 Å². The maximum atomic E-state index is 12.2. The third kappa shape index (κ3) is 5.33. The summed E-state index contributed by atoms with van der Waals surface area (Å²) in [6.45, 7) is -1.46. The van der Waals surface area contributed by atoms with Gasteiger partial charge in [-0.2, -0.15) is 13.2 Å². The molecule has 0 spiro atoms. The van der Waals surface area contributed by atoms with Crippen LogP contribution in [0.25, 0.3) is 0 Å². The molecule has 122 valence electrons. The lowest BCUT2D eigenvalue weighted by Crippen LogP contribution is -2.20. The van der Waals surface area contributed by atoms with Crippen LogP contribution in [0.4, 0.5) is 18.9 Å². The topological polar surface area (TPSA) is 38.3 Å². The van der Waals surface area contributed by atoms with Crippen LogP contribution in [-0.2, 0) is 0 Å². The normalized spacial score (nSPS) is 11.2. The fraction of sp³-hybridized carbons (Fsp3) is 0.133. The molecule has 8 heteroatoms. The van der Waals surface area contributed by atoms with Crippen LogP contribution in [0.5, 0.6) is 5.75 Å². The molecule has 0 fully saturated rings. The monoisotopic (exact) mass is 363 g/mol. The molecule has 0 saturated heterocycles. The van der Waals surface area contributed by atoms with Gasteiger partial charge >= 0.3 is 6.18 Å². The van der Waals surface area contributed by atoms with Crippen molar-refractivity contribution < 1.29 is 22.7 Å². The number of ether oxygens (including phenoxy) is 1. The number of anilines is 1. The number of alkyl halides is 3. The number of carbonyl (C=O) groups is 1. The molecule has 0 saturated carbocycles. The van der Waals surface area contributed by atoms with Gasteiger partial charge in [0.05, 0.1) is 5.69 Å². The van der Waals surface area contributed by atoms with E-state index in [0.717, 1.165) is 0 Å². The fourth-order valence-corrected chi connectivity index (χ4v) is 2.26. The van der Waals surface area contributed by atoms with Gasteiger partial charge in [-0.25, -0.2) is 0 Å². The molecule has 1 N–H and O–H groups in total. The molecule has 2 aromatic carbocycles. The van der Waals surface area contributed by atoms with Crippen LogP contribution in [0.15, 0.2) is 42.5 Å². The lowest BCUT2D eigenvalue weighted by molar-refractivity contribution is -0.153. The van der Waals surface area contributed by atoms with Gasteiger partial charge in [-0.3, -0.25) is 4.79 Å². The summed E-state index contributed by atoms with van der Waals surface area (Å²) in [5.74, 6) is -0.663. The highest BCUT2D eigenvalue weighted by Crippen LogP contribution is 2.27. The number of benzene rings is 2. The average Bonchev–Trinajstić information content (AvgIpc) is 2.44. The first-order chi connectivity index (χ1) is 10.7. The van der Waals surface area contributed by atoms with Crippen LogP contribution in [0.2, 0.25) is 10.0 Å². The van der Waals surface area contributed by atoms with E-state index in [-0.39, 0.29) is 27.0 Å². The Labute approximate surface area is 140 Å². The number of rotatable bonds is 4. The van der Waals surface area contributed by atoms with Crippen molar-refractivity contribution in [2.24, 2.45) is 0 Å². The zero-order valence-corrected chi connectivity index (χ0v) is 13.0. The molecule has 1 amide bonds. The summed E-state index contributed by atoms with van der Waals surface area (Å²) in [6, 6.07) is 10.0. The van der Waals surface area contributed by atoms with Gasteiger partial charge in [0.2, 0.25) is 0 Å². The number of halogens is 5.